The minimum atomic E-state index is -3.43. The number of nitrogens with zero attached hydrogens (tertiary/aromatic N) is 3. The second-order valence-corrected chi connectivity index (χ2v) is 7.63. The molecule has 0 aliphatic carbocycles. The minimum Gasteiger partial charge on any atom is -0.379 e. The highest BCUT2D eigenvalue weighted by molar-refractivity contribution is 7.86. The van der Waals surface area contributed by atoms with Gasteiger partial charge < -0.3 is 15.0 Å². The van der Waals surface area contributed by atoms with Crippen LogP contribution in [0.15, 0.2) is 0 Å². The third-order valence-electron chi connectivity index (χ3n) is 4.10. The number of piperazine rings is 1. The predicted octanol–water partition coefficient (Wildman–Crippen LogP) is -1.44. The van der Waals surface area contributed by atoms with Crippen LogP contribution in [-0.4, -0.2) is 93.9 Å². The van der Waals surface area contributed by atoms with Gasteiger partial charge in [-0.15, -0.1) is 0 Å². The van der Waals surface area contributed by atoms with Crippen molar-refractivity contribution in [2.75, 3.05) is 66.1 Å². The summed E-state index contributed by atoms with van der Waals surface area (Å²) in [5.41, 5.74) is 0. The molecule has 2 heterocycles. The molecule has 9 heteroatoms. The molecule has 128 valence electrons. The Bertz CT molecular complexity index is 470. The Labute approximate surface area is 132 Å². The summed E-state index contributed by atoms with van der Waals surface area (Å²) in [6.07, 6.45) is 0. The van der Waals surface area contributed by atoms with Crippen molar-refractivity contribution in [3.05, 3.63) is 0 Å². The first-order valence-electron chi connectivity index (χ1n) is 7.73. The highest BCUT2D eigenvalue weighted by Gasteiger charge is 2.34. The van der Waals surface area contributed by atoms with Crippen LogP contribution in [0, 0.1) is 5.92 Å². The van der Waals surface area contributed by atoms with Crippen LogP contribution >= 0.6 is 0 Å². The van der Waals surface area contributed by atoms with Crippen molar-refractivity contribution in [3.8, 4) is 0 Å². The Morgan fingerprint density at radius 3 is 2.18 bits per heavy atom. The van der Waals surface area contributed by atoms with Gasteiger partial charge >= 0.3 is 0 Å². The highest BCUT2D eigenvalue weighted by atomic mass is 32.2. The molecule has 0 aromatic carbocycles. The number of hydrogen-bond donors (Lipinski definition) is 1. The van der Waals surface area contributed by atoms with Crippen molar-refractivity contribution in [3.63, 3.8) is 0 Å². The van der Waals surface area contributed by atoms with Crippen LogP contribution in [0.2, 0.25) is 0 Å². The maximum atomic E-state index is 12.5. The van der Waals surface area contributed by atoms with Gasteiger partial charge in [0.1, 0.15) is 0 Å². The number of amides is 1. The second-order valence-electron chi connectivity index (χ2n) is 5.70. The highest BCUT2D eigenvalue weighted by Crippen LogP contribution is 2.15. The molecule has 8 nitrogen and oxygen atoms in total. The molecule has 1 N–H and O–H groups in total. The fourth-order valence-corrected chi connectivity index (χ4v) is 4.35. The summed E-state index contributed by atoms with van der Waals surface area (Å²) in [4.78, 5) is 14.0. The van der Waals surface area contributed by atoms with Gasteiger partial charge in [0, 0.05) is 51.7 Å². The monoisotopic (exact) mass is 334 g/mol. The maximum Gasteiger partial charge on any atom is 0.282 e. The van der Waals surface area contributed by atoms with Gasteiger partial charge in [0.2, 0.25) is 5.91 Å². The third kappa shape index (κ3) is 3.96. The molecule has 0 aromatic heterocycles. The Hall–Kier alpha value is -0.740. The Balaban J connectivity index is 1.89. The van der Waals surface area contributed by atoms with Crippen LogP contribution in [0.1, 0.15) is 6.92 Å². The number of carbonyl (C=O) groups is 1. The third-order valence-corrected chi connectivity index (χ3v) is 6.14. The lowest BCUT2D eigenvalue weighted by Crippen LogP contribution is -2.56. The lowest BCUT2D eigenvalue weighted by molar-refractivity contribution is -0.136. The van der Waals surface area contributed by atoms with Crippen LogP contribution in [0.3, 0.4) is 0 Å². The summed E-state index contributed by atoms with van der Waals surface area (Å²) in [6.45, 7) is 5.84. The summed E-state index contributed by atoms with van der Waals surface area (Å²) in [7, 11) is -1.61. The molecular formula is C13H26N4O4S. The van der Waals surface area contributed by atoms with E-state index in [1.807, 2.05) is 14.0 Å². The zero-order valence-corrected chi connectivity index (χ0v) is 14.1. The van der Waals surface area contributed by atoms with E-state index in [9.17, 15) is 13.2 Å². The summed E-state index contributed by atoms with van der Waals surface area (Å²) >= 11 is 0. The molecule has 1 unspecified atom stereocenters. The lowest BCUT2D eigenvalue weighted by Gasteiger charge is -2.38. The molecule has 0 aromatic rings. The van der Waals surface area contributed by atoms with Crippen molar-refractivity contribution < 1.29 is 17.9 Å². The number of carbonyl (C=O) groups excluding carboxylic acids is 1. The molecule has 2 aliphatic rings. The van der Waals surface area contributed by atoms with Gasteiger partial charge in [0.25, 0.3) is 10.2 Å². The van der Waals surface area contributed by atoms with E-state index >= 15 is 0 Å². The van der Waals surface area contributed by atoms with Crippen molar-refractivity contribution >= 4 is 16.1 Å². The number of hydrogen-bond acceptors (Lipinski definition) is 5. The van der Waals surface area contributed by atoms with E-state index < -0.39 is 10.2 Å². The smallest absolute Gasteiger partial charge is 0.282 e. The average molecular weight is 334 g/mol. The summed E-state index contributed by atoms with van der Waals surface area (Å²) in [5, 5.41) is 2.99. The molecule has 0 saturated carbocycles. The molecule has 2 aliphatic heterocycles. The first-order chi connectivity index (χ1) is 10.5. The molecule has 0 spiro atoms. The predicted molar refractivity (Wildman–Crippen MR) is 82.6 cm³/mol. The van der Waals surface area contributed by atoms with Crippen molar-refractivity contribution in [2.45, 2.75) is 6.92 Å². The number of morpholine rings is 1. The zero-order chi connectivity index (χ0) is 16.2. The van der Waals surface area contributed by atoms with E-state index in [1.165, 1.54) is 8.61 Å². The van der Waals surface area contributed by atoms with Gasteiger partial charge in [-0.05, 0) is 7.05 Å². The van der Waals surface area contributed by atoms with E-state index in [0.29, 0.717) is 59.0 Å². The van der Waals surface area contributed by atoms with E-state index in [4.69, 9.17) is 4.74 Å². The summed E-state index contributed by atoms with van der Waals surface area (Å²) < 4.78 is 33.2. The number of rotatable bonds is 5. The van der Waals surface area contributed by atoms with Gasteiger partial charge in [0.15, 0.2) is 0 Å². The van der Waals surface area contributed by atoms with Crippen molar-refractivity contribution in [1.29, 1.82) is 0 Å². The minimum absolute atomic E-state index is 0.0813. The van der Waals surface area contributed by atoms with Gasteiger partial charge in [-0.2, -0.15) is 17.0 Å². The molecule has 0 bridgehead atoms. The lowest BCUT2D eigenvalue weighted by atomic mass is 10.1. The molecule has 2 fully saturated rings. The Morgan fingerprint density at radius 1 is 1.09 bits per heavy atom. The molecule has 1 atom stereocenters. The maximum absolute atomic E-state index is 12.5. The summed E-state index contributed by atoms with van der Waals surface area (Å²) in [6, 6.07) is 0. The first kappa shape index (κ1) is 17.6. The average Bonchev–Trinajstić information content (AvgIpc) is 2.55. The fraction of sp³-hybridized carbons (Fsp3) is 0.923. The standard InChI is InChI=1S/C13H26N4O4S/c1-12(11-14-2)13(18)15-3-5-16(6-4-15)22(19,20)17-7-9-21-10-8-17/h12,14H,3-11H2,1-2H3. The van der Waals surface area contributed by atoms with Crippen LogP contribution < -0.4 is 5.32 Å². The van der Waals surface area contributed by atoms with Crippen molar-refractivity contribution in [1.82, 2.24) is 18.8 Å². The molecule has 0 radical (unpaired) electrons. The zero-order valence-electron chi connectivity index (χ0n) is 13.3. The largest absolute Gasteiger partial charge is 0.379 e. The molecule has 22 heavy (non-hydrogen) atoms. The second kappa shape index (κ2) is 7.69. The van der Waals surface area contributed by atoms with Crippen LogP contribution in [0.25, 0.3) is 0 Å². The van der Waals surface area contributed by atoms with Crippen LogP contribution in [0.4, 0.5) is 0 Å². The van der Waals surface area contributed by atoms with Crippen LogP contribution in [0.5, 0.6) is 0 Å². The van der Waals surface area contributed by atoms with Crippen LogP contribution in [-0.2, 0) is 19.7 Å². The van der Waals surface area contributed by atoms with E-state index in [-0.39, 0.29) is 11.8 Å². The van der Waals surface area contributed by atoms with Gasteiger partial charge in [0.05, 0.1) is 13.2 Å². The summed E-state index contributed by atoms with van der Waals surface area (Å²) in [5.74, 6) is -0.00910. The molecule has 2 saturated heterocycles. The molecule has 2 rings (SSSR count). The number of ether oxygens (including phenoxy) is 1. The quantitative estimate of drug-likeness (QED) is 0.666. The van der Waals surface area contributed by atoms with Crippen molar-refractivity contribution in [2.24, 2.45) is 5.92 Å². The van der Waals surface area contributed by atoms with E-state index in [1.54, 1.807) is 4.90 Å². The van der Waals surface area contributed by atoms with Gasteiger partial charge in [-0.25, -0.2) is 0 Å². The number of nitrogens with one attached hydrogen (secondary N) is 1. The van der Waals surface area contributed by atoms with E-state index in [0.717, 1.165) is 0 Å². The molecule has 1 amide bonds. The Kier molecular flexibility index (Phi) is 6.16. The normalized spacial score (nSPS) is 23.5. The first-order valence-corrected chi connectivity index (χ1v) is 9.13. The van der Waals surface area contributed by atoms with Gasteiger partial charge in [-0.1, -0.05) is 6.92 Å². The Morgan fingerprint density at radius 2 is 1.64 bits per heavy atom. The van der Waals surface area contributed by atoms with E-state index in [2.05, 4.69) is 5.32 Å². The molecular weight excluding hydrogens is 308 g/mol. The van der Waals surface area contributed by atoms with Gasteiger partial charge in [-0.3, -0.25) is 4.79 Å². The fourth-order valence-electron chi connectivity index (χ4n) is 2.78. The topological polar surface area (TPSA) is 82.2 Å². The SMILES string of the molecule is CNCC(C)C(=O)N1CCN(S(=O)(=O)N2CCOCC2)CC1.